The van der Waals surface area contributed by atoms with E-state index in [1.807, 2.05) is 19.1 Å². The quantitative estimate of drug-likeness (QED) is 0.430. The van der Waals surface area contributed by atoms with Gasteiger partial charge in [-0.2, -0.15) is 13.2 Å². The van der Waals surface area contributed by atoms with Gasteiger partial charge in [-0.05, 0) is 62.9 Å². The zero-order valence-electron chi connectivity index (χ0n) is 17.3. The average molecular weight is 519 g/mol. The normalized spacial score (nSPS) is 16.6. The smallest absolute Gasteiger partial charge is 0.345 e. The van der Waals surface area contributed by atoms with E-state index < -0.39 is 17.8 Å². The second-order valence-electron chi connectivity index (χ2n) is 7.67. The van der Waals surface area contributed by atoms with E-state index in [9.17, 15) is 18.0 Å². The second kappa shape index (κ2) is 9.77. The monoisotopic (exact) mass is 517 g/mol. The van der Waals surface area contributed by atoms with Crippen LogP contribution in [0, 0.1) is 13.8 Å². The Kier molecular flexibility index (Phi) is 7.52. The van der Waals surface area contributed by atoms with E-state index in [0.29, 0.717) is 36.6 Å². The van der Waals surface area contributed by atoms with Crippen LogP contribution in [0.1, 0.15) is 36.1 Å². The van der Waals surface area contributed by atoms with Crippen molar-refractivity contribution in [1.29, 1.82) is 0 Å². The van der Waals surface area contributed by atoms with Gasteiger partial charge in [0.1, 0.15) is 11.9 Å². The molecule has 4 nitrogen and oxygen atoms in total. The molecule has 1 saturated heterocycles. The zero-order chi connectivity index (χ0) is 22.8. The van der Waals surface area contributed by atoms with Crippen LogP contribution in [0.5, 0.6) is 0 Å². The summed E-state index contributed by atoms with van der Waals surface area (Å²) in [7, 11) is 0. The van der Waals surface area contributed by atoms with E-state index >= 15 is 0 Å². The molecule has 0 bridgehead atoms. The van der Waals surface area contributed by atoms with Crippen LogP contribution in [-0.4, -0.2) is 35.4 Å². The molecule has 31 heavy (non-hydrogen) atoms. The Morgan fingerprint density at radius 3 is 2.68 bits per heavy atom. The van der Waals surface area contributed by atoms with Crippen LogP contribution in [0.3, 0.4) is 0 Å². The van der Waals surface area contributed by atoms with E-state index in [1.54, 1.807) is 15.9 Å². The Labute approximate surface area is 193 Å². The first kappa shape index (κ1) is 23.9. The molecule has 1 atom stereocenters. The van der Waals surface area contributed by atoms with Crippen LogP contribution in [0.2, 0.25) is 5.02 Å². The van der Waals surface area contributed by atoms with Gasteiger partial charge in [0.25, 0.3) is 0 Å². The molecular weight excluding hydrogens is 495 g/mol. The molecule has 1 aliphatic rings. The number of aromatic nitrogens is 1. The molecule has 2 aromatic rings. The lowest BCUT2D eigenvalue weighted by Crippen LogP contribution is -2.47. The second-order valence-corrected chi connectivity index (χ2v) is 8.87. The summed E-state index contributed by atoms with van der Waals surface area (Å²) < 4.78 is 39.9. The number of hydrogen-bond donors (Lipinski definition) is 0. The molecule has 2 heterocycles. The van der Waals surface area contributed by atoms with Gasteiger partial charge in [-0.15, -0.1) is 0 Å². The third-order valence-electron chi connectivity index (χ3n) is 5.35. The van der Waals surface area contributed by atoms with Gasteiger partial charge in [-0.25, -0.2) is 4.98 Å². The number of aryl methyl sites for hydroxylation is 2. The molecule has 1 aliphatic heterocycles. The average Bonchev–Trinajstić information content (AvgIpc) is 3.19. The fraction of sp³-hybridized carbons (Fsp3) is 0.455. The molecule has 0 radical (unpaired) electrons. The molecule has 0 unspecified atom stereocenters. The lowest BCUT2D eigenvalue weighted by molar-refractivity contribution is -0.137. The van der Waals surface area contributed by atoms with Crippen molar-refractivity contribution in [3.8, 4) is 0 Å². The highest BCUT2D eigenvalue weighted by atomic mass is 79.9. The Morgan fingerprint density at radius 2 is 2.03 bits per heavy atom. The van der Waals surface area contributed by atoms with E-state index in [2.05, 4.69) is 20.9 Å². The van der Waals surface area contributed by atoms with Crippen molar-refractivity contribution in [2.24, 2.45) is 0 Å². The largest absolute Gasteiger partial charge is 0.416 e. The van der Waals surface area contributed by atoms with Crippen molar-refractivity contribution in [3.05, 3.63) is 52.2 Å². The molecule has 0 saturated carbocycles. The summed E-state index contributed by atoms with van der Waals surface area (Å²) in [6.45, 7) is 4.37. The summed E-state index contributed by atoms with van der Waals surface area (Å²) in [5, 5.41) is 1.28. The third-order valence-corrected chi connectivity index (χ3v) is 6.32. The van der Waals surface area contributed by atoms with Crippen molar-refractivity contribution >= 4 is 44.9 Å². The summed E-state index contributed by atoms with van der Waals surface area (Å²) in [4.78, 5) is 21.3. The number of carbonyl (C=O) groups is 1. The summed E-state index contributed by atoms with van der Waals surface area (Å²) in [6.07, 6.45) is -2.48. The topological polar surface area (TPSA) is 36.4 Å². The highest BCUT2D eigenvalue weighted by Gasteiger charge is 2.37. The standard InChI is InChI=1S/C22H24BrClF3N3O/c1-14-6-7-17(13-18(14)24)29(10-4-8-23)21(31)19-5-3-9-30(19)20-12-16(22(25,26)27)11-15(2)28-20/h6-7,11-13,19H,3-5,8-10H2,1-2H3/t19-/m0/s1. The van der Waals surface area contributed by atoms with Gasteiger partial charge < -0.3 is 9.80 Å². The summed E-state index contributed by atoms with van der Waals surface area (Å²) in [5.74, 6) is 0.0285. The van der Waals surface area contributed by atoms with Crippen LogP contribution in [-0.2, 0) is 11.0 Å². The number of carbonyl (C=O) groups excluding carboxylic acids is 1. The number of anilines is 2. The lowest BCUT2D eigenvalue weighted by Gasteiger charge is -2.31. The van der Waals surface area contributed by atoms with Gasteiger partial charge in [0, 0.05) is 34.8 Å². The fourth-order valence-electron chi connectivity index (χ4n) is 3.77. The van der Waals surface area contributed by atoms with Crippen LogP contribution >= 0.6 is 27.5 Å². The molecule has 3 rings (SSSR count). The number of alkyl halides is 4. The molecule has 168 valence electrons. The van der Waals surface area contributed by atoms with Crippen LogP contribution in [0.4, 0.5) is 24.7 Å². The molecule has 0 N–H and O–H groups in total. The summed E-state index contributed by atoms with van der Waals surface area (Å²) in [5.41, 5.74) is 1.10. The molecule has 9 heteroatoms. The van der Waals surface area contributed by atoms with Crippen molar-refractivity contribution < 1.29 is 18.0 Å². The van der Waals surface area contributed by atoms with Crippen molar-refractivity contribution in [3.63, 3.8) is 0 Å². The first-order chi connectivity index (χ1) is 14.6. The number of benzene rings is 1. The van der Waals surface area contributed by atoms with Crippen molar-refractivity contribution in [2.45, 2.75) is 45.3 Å². The van der Waals surface area contributed by atoms with Crippen LogP contribution < -0.4 is 9.80 Å². The number of amides is 1. The van der Waals surface area contributed by atoms with Gasteiger partial charge >= 0.3 is 6.18 Å². The summed E-state index contributed by atoms with van der Waals surface area (Å²) >= 11 is 9.69. The number of pyridine rings is 1. The molecular formula is C22H24BrClF3N3O. The minimum atomic E-state index is -4.47. The minimum absolute atomic E-state index is 0.157. The van der Waals surface area contributed by atoms with Gasteiger partial charge in [0.05, 0.1) is 5.56 Å². The third kappa shape index (κ3) is 5.52. The zero-order valence-corrected chi connectivity index (χ0v) is 19.7. The molecule has 1 fully saturated rings. The van der Waals surface area contributed by atoms with Gasteiger partial charge in [-0.1, -0.05) is 33.6 Å². The first-order valence-electron chi connectivity index (χ1n) is 10.1. The summed E-state index contributed by atoms with van der Waals surface area (Å²) in [6, 6.07) is 6.94. The molecule has 0 aliphatic carbocycles. The Hall–Kier alpha value is -1.80. The number of halogens is 5. The van der Waals surface area contributed by atoms with Crippen LogP contribution in [0.15, 0.2) is 30.3 Å². The van der Waals surface area contributed by atoms with Gasteiger partial charge in [-0.3, -0.25) is 4.79 Å². The maximum atomic E-state index is 13.6. The minimum Gasteiger partial charge on any atom is -0.345 e. The number of hydrogen-bond acceptors (Lipinski definition) is 3. The molecule has 1 aromatic heterocycles. The number of rotatable bonds is 6. The van der Waals surface area contributed by atoms with Crippen molar-refractivity contribution in [2.75, 3.05) is 28.2 Å². The molecule has 1 aromatic carbocycles. The predicted molar refractivity (Wildman–Crippen MR) is 121 cm³/mol. The van der Waals surface area contributed by atoms with E-state index in [-0.39, 0.29) is 17.4 Å². The van der Waals surface area contributed by atoms with Gasteiger partial charge in [0.2, 0.25) is 5.91 Å². The predicted octanol–water partition coefficient (Wildman–Crippen LogP) is 6.16. The number of nitrogens with zero attached hydrogens (tertiary/aromatic N) is 3. The van der Waals surface area contributed by atoms with E-state index in [4.69, 9.17) is 11.6 Å². The van der Waals surface area contributed by atoms with Gasteiger partial charge in [0.15, 0.2) is 0 Å². The fourth-order valence-corrected chi connectivity index (χ4v) is 4.20. The molecule has 1 amide bonds. The SMILES string of the molecule is Cc1cc(C(F)(F)F)cc(N2CCC[C@H]2C(=O)N(CCCBr)c2ccc(C)c(Cl)c2)n1. The highest BCUT2D eigenvalue weighted by Crippen LogP contribution is 2.34. The van der Waals surface area contributed by atoms with Crippen LogP contribution in [0.25, 0.3) is 0 Å². The Balaban J connectivity index is 1.94. The Bertz CT molecular complexity index is 954. The first-order valence-corrected chi connectivity index (χ1v) is 11.6. The maximum absolute atomic E-state index is 13.6. The molecule has 0 spiro atoms. The van der Waals surface area contributed by atoms with Crippen molar-refractivity contribution in [1.82, 2.24) is 4.98 Å². The van der Waals surface area contributed by atoms with E-state index in [1.165, 1.54) is 6.92 Å². The maximum Gasteiger partial charge on any atom is 0.416 e. The lowest BCUT2D eigenvalue weighted by atomic mass is 10.1. The van der Waals surface area contributed by atoms with E-state index in [0.717, 1.165) is 29.4 Å². The Morgan fingerprint density at radius 1 is 1.29 bits per heavy atom. The highest BCUT2D eigenvalue weighted by molar-refractivity contribution is 9.09.